The predicted molar refractivity (Wildman–Crippen MR) is 112 cm³/mol. The molecule has 1 saturated carbocycles. The Balaban J connectivity index is 1.43. The molecule has 2 heterocycles. The fraction of sp³-hybridized carbons (Fsp3) is 0.571. The molecule has 0 radical (unpaired) electrons. The first kappa shape index (κ1) is 21.8. The Morgan fingerprint density at radius 3 is 2.48 bits per heavy atom. The van der Waals surface area contributed by atoms with Gasteiger partial charge >= 0.3 is 6.03 Å². The van der Waals surface area contributed by atoms with Crippen LogP contribution in [0.25, 0.3) is 0 Å². The third-order valence-electron chi connectivity index (χ3n) is 6.65. The number of hydrazine groups is 1. The van der Waals surface area contributed by atoms with Crippen LogP contribution in [0.2, 0.25) is 0 Å². The van der Waals surface area contributed by atoms with Crippen molar-refractivity contribution in [1.29, 1.82) is 0 Å². The number of sulfonamides is 1. The van der Waals surface area contributed by atoms with E-state index in [2.05, 4.69) is 17.7 Å². The van der Waals surface area contributed by atoms with E-state index in [1.807, 2.05) is 0 Å². The van der Waals surface area contributed by atoms with E-state index in [0.29, 0.717) is 38.1 Å². The van der Waals surface area contributed by atoms with Gasteiger partial charge in [0.25, 0.3) is 5.91 Å². The van der Waals surface area contributed by atoms with Crippen molar-refractivity contribution in [3.8, 4) is 0 Å². The fourth-order valence-electron chi connectivity index (χ4n) is 4.63. The summed E-state index contributed by atoms with van der Waals surface area (Å²) in [4.78, 5) is 38.4. The number of imide groups is 1. The highest BCUT2D eigenvalue weighted by molar-refractivity contribution is 7.89. The molecule has 1 spiro atoms. The molecule has 1 atom stereocenters. The molecule has 2 aliphatic heterocycles. The van der Waals surface area contributed by atoms with E-state index in [1.54, 1.807) is 18.2 Å². The molecular formula is C21H28N4O5S. The zero-order valence-corrected chi connectivity index (χ0v) is 18.4. The van der Waals surface area contributed by atoms with Crippen molar-refractivity contribution in [3.63, 3.8) is 0 Å². The van der Waals surface area contributed by atoms with Crippen LogP contribution in [0.1, 0.15) is 45.4 Å². The summed E-state index contributed by atoms with van der Waals surface area (Å²) in [5, 5.41) is 3.55. The topological polar surface area (TPSA) is 116 Å². The SMILES string of the molecule is CC1CCC2(CC1)NC(=O)N(NC(=O)C1CCCN(S(=O)(=O)c3ccccc3)C1)C2=O. The number of urea groups is 1. The van der Waals surface area contributed by atoms with Crippen LogP contribution in [0, 0.1) is 11.8 Å². The van der Waals surface area contributed by atoms with Gasteiger partial charge in [-0.1, -0.05) is 25.1 Å². The van der Waals surface area contributed by atoms with Gasteiger partial charge in [0, 0.05) is 13.1 Å². The van der Waals surface area contributed by atoms with Crippen LogP contribution < -0.4 is 10.7 Å². The average molecular weight is 449 g/mol. The van der Waals surface area contributed by atoms with Crippen LogP contribution in [-0.2, 0) is 19.6 Å². The monoisotopic (exact) mass is 448 g/mol. The Bertz CT molecular complexity index is 973. The van der Waals surface area contributed by atoms with Gasteiger partial charge in [-0.3, -0.25) is 15.0 Å². The second-order valence-electron chi connectivity index (χ2n) is 8.83. The minimum atomic E-state index is -3.71. The van der Waals surface area contributed by atoms with Crippen molar-refractivity contribution in [2.24, 2.45) is 11.8 Å². The summed E-state index contributed by atoms with van der Waals surface area (Å²) in [5.74, 6) is -1.09. The standard InChI is InChI=1S/C21H28N4O5S/c1-15-9-11-21(12-10-15)19(27)25(20(28)22-21)23-18(26)16-6-5-13-24(14-16)31(29,30)17-7-3-2-4-8-17/h2-4,7-8,15-16H,5-6,9-14H2,1H3,(H,22,28)(H,23,26). The van der Waals surface area contributed by atoms with Gasteiger partial charge in [0.1, 0.15) is 5.54 Å². The van der Waals surface area contributed by atoms with Gasteiger partial charge in [-0.25, -0.2) is 13.2 Å². The second-order valence-corrected chi connectivity index (χ2v) is 10.8. The molecular weight excluding hydrogens is 420 g/mol. The lowest BCUT2D eigenvalue weighted by Gasteiger charge is -2.34. The third kappa shape index (κ3) is 4.06. The Hall–Kier alpha value is -2.46. The minimum Gasteiger partial charge on any atom is -0.322 e. The van der Waals surface area contributed by atoms with Crippen LogP contribution in [0.15, 0.2) is 35.2 Å². The molecule has 0 aromatic heterocycles. The number of carbonyl (C=O) groups excluding carboxylic acids is 3. The van der Waals surface area contributed by atoms with E-state index < -0.39 is 39.3 Å². The number of amides is 4. The molecule has 4 rings (SSSR count). The zero-order valence-electron chi connectivity index (χ0n) is 17.5. The lowest BCUT2D eigenvalue weighted by Crippen LogP contribution is -2.54. The third-order valence-corrected chi connectivity index (χ3v) is 8.53. The van der Waals surface area contributed by atoms with Gasteiger partial charge in [-0.15, -0.1) is 0 Å². The van der Waals surface area contributed by atoms with Crippen LogP contribution in [-0.4, -0.2) is 54.2 Å². The maximum atomic E-state index is 12.9. The Kier molecular flexibility index (Phi) is 5.78. The number of carbonyl (C=O) groups is 3. The van der Waals surface area contributed by atoms with E-state index in [1.165, 1.54) is 16.4 Å². The fourth-order valence-corrected chi connectivity index (χ4v) is 6.18. The van der Waals surface area contributed by atoms with Crippen molar-refractivity contribution >= 4 is 27.9 Å². The van der Waals surface area contributed by atoms with Crippen LogP contribution in [0.4, 0.5) is 4.79 Å². The van der Waals surface area contributed by atoms with Crippen LogP contribution >= 0.6 is 0 Å². The molecule has 168 valence electrons. The number of nitrogens with one attached hydrogen (secondary N) is 2. The van der Waals surface area contributed by atoms with E-state index >= 15 is 0 Å². The largest absolute Gasteiger partial charge is 0.344 e. The van der Waals surface area contributed by atoms with Crippen molar-refractivity contribution in [1.82, 2.24) is 20.1 Å². The molecule has 3 fully saturated rings. The first-order valence-corrected chi connectivity index (χ1v) is 12.2. The minimum absolute atomic E-state index is 0.00929. The van der Waals surface area contributed by atoms with Crippen molar-refractivity contribution in [2.45, 2.75) is 55.9 Å². The molecule has 31 heavy (non-hydrogen) atoms. The number of benzene rings is 1. The second kappa shape index (κ2) is 8.23. The summed E-state index contributed by atoms with van der Waals surface area (Å²) in [5.41, 5.74) is 1.52. The first-order chi connectivity index (χ1) is 14.7. The van der Waals surface area contributed by atoms with Crippen molar-refractivity contribution in [2.75, 3.05) is 13.1 Å². The number of rotatable bonds is 4. The summed E-state index contributed by atoms with van der Waals surface area (Å²) in [7, 11) is -3.71. The normalized spacial score (nSPS) is 29.8. The zero-order chi connectivity index (χ0) is 22.2. The van der Waals surface area contributed by atoms with Crippen LogP contribution in [0.3, 0.4) is 0 Å². The highest BCUT2D eigenvalue weighted by Crippen LogP contribution is 2.36. The van der Waals surface area contributed by atoms with Gasteiger partial charge in [0.2, 0.25) is 15.9 Å². The molecule has 0 bridgehead atoms. The highest BCUT2D eigenvalue weighted by Gasteiger charge is 2.53. The van der Waals surface area contributed by atoms with E-state index in [-0.39, 0.29) is 11.4 Å². The molecule has 4 amide bonds. The molecule has 9 nitrogen and oxygen atoms in total. The maximum Gasteiger partial charge on any atom is 0.344 e. The summed E-state index contributed by atoms with van der Waals surface area (Å²) in [6.45, 7) is 2.45. The summed E-state index contributed by atoms with van der Waals surface area (Å²) >= 11 is 0. The van der Waals surface area contributed by atoms with Gasteiger partial charge in [0.05, 0.1) is 10.8 Å². The van der Waals surface area contributed by atoms with Gasteiger partial charge in [-0.05, 0) is 56.6 Å². The summed E-state index contributed by atoms with van der Waals surface area (Å²) < 4.78 is 27.1. The molecule has 1 unspecified atom stereocenters. The molecule has 1 aliphatic carbocycles. The van der Waals surface area contributed by atoms with Gasteiger partial charge in [0.15, 0.2) is 0 Å². The lowest BCUT2D eigenvalue weighted by atomic mass is 9.77. The summed E-state index contributed by atoms with van der Waals surface area (Å²) in [6.07, 6.45) is 3.78. The molecule has 1 aromatic rings. The van der Waals surface area contributed by atoms with Gasteiger partial charge in [-0.2, -0.15) is 9.31 Å². The molecule has 2 saturated heterocycles. The Morgan fingerprint density at radius 1 is 1.13 bits per heavy atom. The first-order valence-electron chi connectivity index (χ1n) is 10.8. The molecule has 1 aromatic carbocycles. The smallest absolute Gasteiger partial charge is 0.322 e. The van der Waals surface area contributed by atoms with E-state index in [9.17, 15) is 22.8 Å². The van der Waals surface area contributed by atoms with Crippen molar-refractivity contribution < 1.29 is 22.8 Å². The summed E-state index contributed by atoms with van der Waals surface area (Å²) in [6, 6.07) is 7.47. The number of hydrogen-bond donors (Lipinski definition) is 2. The van der Waals surface area contributed by atoms with Gasteiger partial charge < -0.3 is 5.32 Å². The quantitative estimate of drug-likeness (QED) is 0.679. The predicted octanol–water partition coefficient (Wildman–Crippen LogP) is 1.62. The Labute approximate surface area is 182 Å². The number of hydrogen-bond acceptors (Lipinski definition) is 5. The van der Waals surface area contributed by atoms with E-state index in [0.717, 1.165) is 17.9 Å². The van der Waals surface area contributed by atoms with Crippen LogP contribution in [0.5, 0.6) is 0 Å². The lowest BCUT2D eigenvalue weighted by molar-refractivity contribution is -0.142. The molecule has 10 heteroatoms. The highest BCUT2D eigenvalue weighted by atomic mass is 32.2. The maximum absolute atomic E-state index is 12.9. The van der Waals surface area contributed by atoms with Crippen molar-refractivity contribution in [3.05, 3.63) is 30.3 Å². The number of nitrogens with zero attached hydrogens (tertiary/aromatic N) is 2. The Morgan fingerprint density at radius 2 is 1.81 bits per heavy atom. The molecule has 3 aliphatic rings. The van der Waals surface area contributed by atoms with E-state index in [4.69, 9.17) is 0 Å². The molecule has 2 N–H and O–H groups in total. The number of piperidine rings is 1. The average Bonchev–Trinajstić information content (AvgIpc) is 3.00.